The zero-order valence-electron chi connectivity index (χ0n) is 10.3. The molecule has 1 aliphatic heterocycles. The maximum Gasteiger partial charge on any atom is 0.391 e. The first-order chi connectivity index (χ1) is 8.21. The van der Waals surface area contributed by atoms with Crippen LogP contribution in [0.15, 0.2) is 0 Å². The van der Waals surface area contributed by atoms with Gasteiger partial charge in [0.25, 0.3) is 0 Å². The first-order valence-corrected chi connectivity index (χ1v) is 6.16. The summed E-state index contributed by atoms with van der Waals surface area (Å²) in [6.07, 6.45) is -5.50. The van der Waals surface area contributed by atoms with Gasteiger partial charge in [-0.1, -0.05) is 6.92 Å². The van der Waals surface area contributed by atoms with Crippen LogP contribution in [0.25, 0.3) is 0 Å². The van der Waals surface area contributed by atoms with Gasteiger partial charge in [0.1, 0.15) is 0 Å². The summed E-state index contributed by atoms with van der Waals surface area (Å²) in [6.45, 7) is 3.66. The Hall–Kier alpha value is -0.780. The van der Waals surface area contributed by atoms with Crippen LogP contribution < -0.4 is 0 Å². The van der Waals surface area contributed by atoms with Crippen LogP contribution in [-0.4, -0.2) is 29.5 Å². The molecule has 0 spiro atoms. The Balaban J connectivity index is 2.24. The van der Waals surface area contributed by atoms with Crippen molar-refractivity contribution in [2.24, 2.45) is 23.7 Å². The maximum atomic E-state index is 12.8. The van der Waals surface area contributed by atoms with Gasteiger partial charge >= 0.3 is 12.1 Å². The minimum atomic E-state index is -4.34. The molecule has 1 heterocycles. The molecular formula is C12H17F3O3. The molecule has 1 N–H and O–H groups in total. The number of ether oxygens (including phenoxy) is 1. The molecule has 6 heteroatoms. The van der Waals surface area contributed by atoms with Crippen molar-refractivity contribution in [1.82, 2.24) is 0 Å². The van der Waals surface area contributed by atoms with E-state index in [9.17, 15) is 18.0 Å². The highest BCUT2D eigenvalue weighted by atomic mass is 19.4. The highest BCUT2D eigenvalue weighted by Crippen LogP contribution is 2.50. The molecule has 104 valence electrons. The normalized spacial score (nSPS) is 44.7. The van der Waals surface area contributed by atoms with E-state index in [0.29, 0.717) is 0 Å². The second kappa shape index (κ2) is 4.40. The van der Waals surface area contributed by atoms with Gasteiger partial charge in [0.05, 0.1) is 24.0 Å². The van der Waals surface area contributed by atoms with Gasteiger partial charge in [0, 0.05) is 5.92 Å². The Bertz CT molecular complexity index is 342. The average molecular weight is 266 g/mol. The largest absolute Gasteiger partial charge is 0.481 e. The van der Waals surface area contributed by atoms with Crippen molar-refractivity contribution in [1.29, 1.82) is 0 Å². The number of hydrogen-bond acceptors (Lipinski definition) is 2. The molecule has 0 aromatic rings. The molecule has 2 aliphatic rings. The van der Waals surface area contributed by atoms with Crippen molar-refractivity contribution in [2.45, 2.75) is 45.1 Å². The smallest absolute Gasteiger partial charge is 0.391 e. The minimum Gasteiger partial charge on any atom is -0.481 e. The van der Waals surface area contributed by atoms with E-state index in [2.05, 4.69) is 0 Å². The molecule has 0 aromatic carbocycles. The molecular weight excluding hydrogens is 249 g/mol. The van der Waals surface area contributed by atoms with Gasteiger partial charge in [0.15, 0.2) is 0 Å². The molecule has 1 saturated carbocycles. The Labute approximate surface area is 103 Å². The molecule has 0 aromatic heterocycles. The Kier molecular flexibility index (Phi) is 3.34. The summed E-state index contributed by atoms with van der Waals surface area (Å²) in [7, 11) is 0. The fraction of sp³-hybridized carbons (Fsp3) is 0.917. The van der Waals surface area contributed by atoms with Crippen LogP contribution in [0, 0.1) is 23.7 Å². The summed E-state index contributed by atoms with van der Waals surface area (Å²) < 4.78 is 43.9. The molecule has 0 unspecified atom stereocenters. The van der Waals surface area contributed by atoms with Crippen molar-refractivity contribution in [3.05, 3.63) is 0 Å². The molecule has 0 bridgehead atoms. The molecule has 0 amide bonds. The van der Waals surface area contributed by atoms with Crippen LogP contribution in [0.4, 0.5) is 13.2 Å². The molecule has 18 heavy (non-hydrogen) atoms. The van der Waals surface area contributed by atoms with Gasteiger partial charge in [-0.05, 0) is 25.7 Å². The lowest BCUT2D eigenvalue weighted by atomic mass is 9.68. The fourth-order valence-electron chi connectivity index (χ4n) is 3.35. The van der Waals surface area contributed by atoms with Gasteiger partial charge in [-0.3, -0.25) is 4.79 Å². The molecule has 0 radical (unpaired) electrons. The van der Waals surface area contributed by atoms with E-state index in [4.69, 9.17) is 9.84 Å². The third kappa shape index (κ3) is 2.22. The van der Waals surface area contributed by atoms with Crippen molar-refractivity contribution >= 4 is 5.97 Å². The maximum absolute atomic E-state index is 12.8. The zero-order chi connectivity index (χ0) is 13.7. The molecule has 2 rings (SSSR count). The summed E-state index contributed by atoms with van der Waals surface area (Å²) >= 11 is 0. The van der Waals surface area contributed by atoms with Gasteiger partial charge in [-0.2, -0.15) is 13.2 Å². The van der Waals surface area contributed by atoms with Crippen LogP contribution in [0.3, 0.4) is 0 Å². The summed E-state index contributed by atoms with van der Waals surface area (Å²) in [5.74, 6) is -3.95. The Morgan fingerprint density at radius 2 is 1.89 bits per heavy atom. The van der Waals surface area contributed by atoms with Crippen molar-refractivity contribution < 1.29 is 27.8 Å². The molecule has 3 nitrogen and oxygen atoms in total. The van der Waals surface area contributed by atoms with E-state index in [0.717, 1.165) is 0 Å². The SMILES string of the molecule is C[C@H]1[C@@H]2[C@@H](C[C@@H](C(F)(F)F)C[C@H]2C(=O)O)O[C@@H]1C. The number of carboxylic acids is 1. The molecule has 6 atom stereocenters. The van der Waals surface area contributed by atoms with E-state index in [1.54, 1.807) is 6.92 Å². The lowest BCUT2D eigenvalue weighted by molar-refractivity contribution is -0.202. The second-order valence-electron chi connectivity index (χ2n) is 5.47. The van der Waals surface area contributed by atoms with E-state index < -0.39 is 30.1 Å². The van der Waals surface area contributed by atoms with Crippen molar-refractivity contribution in [3.8, 4) is 0 Å². The quantitative estimate of drug-likeness (QED) is 0.793. The number of carbonyl (C=O) groups is 1. The van der Waals surface area contributed by atoms with E-state index in [1.807, 2.05) is 6.92 Å². The number of fused-ring (bicyclic) bond motifs is 1. The number of halogens is 3. The first-order valence-electron chi connectivity index (χ1n) is 6.16. The van der Waals surface area contributed by atoms with Crippen molar-refractivity contribution in [2.75, 3.05) is 0 Å². The van der Waals surface area contributed by atoms with Crippen LogP contribution >= 0.6 is 0 Å². The van der Waals surface area contributed by atoms with Crippen LogP contribution in [0.2, 0.25) is 0 Å². The van der Waals surface area contributed by atoms with E-state index >= 15 is 0 Å². The topological polar surface area (TPSA) is 46.5 Å². The van der Waals surface area contributed by atoms with Crippen molar-refractivity contribution in [3.63, 3.8) is 0 Å². The molecule has 1 aliphatic carbocycles. The molecule has 2 fully saturated rings. The Morgan fingerprint density at radius 1 is 1.28 bits per heavy atom. The lowest BCUT2D eigenvalue weighted by Crippen LogP contribution is -2.44. The lowest BCUT2D eigenvalue weighted by Gasteiger charge is -2.37. The highest BCUT2D eigenvalue weighted by Gasteiger charge is 2.55. The van der Waals surface area contributed by atoms with Gasteiger partial charge in [0.2, 0.25) is 0 Å². The summed E-state index contributed by atoms with van der Waals surface area (Å²) in [6, 6.07) is 0. The Morgan fingerprint density at radius 3 is 2.39 bits per heavy atom. The van der Waals surface area contributed by atoms with E-state index in [1.165, 1.54) is 0 Å². The average Bonchev–Trinajstić information content (AvgIpc) is 2.52. The third-order valence-corrected chi connectivity index (χ3v) is 4.47. The van der Waals surface area contributed by atoms with Gasteiger partial charge in [-0.15, -0.1) is 0 Å². The summed E-state index contributed by atoms with van der Waals surface area (Å²) in [5, 5.41) is 9.15. The standard InChI is InChI=1S/C12H17F3O3/c1-5-6(2)18-9-4-7(12(13,14)15)3-8(10(5)9)11(16)17/h5-10H,3-4H2,1-2H3,(H,16,17)/t5-,6-,7+,8-,9-,10+/m1/s1. The van der Waals surface area contributed by atoms with E-state index in [-0.39, 0.29) is 30.8 Å². The fourth-order valence-corrected chi connectivity index (χ4v) is 3.35. The zero-order valence-corrected chi connectivity index (χ0v) is 10.3. The highest BCUT2D eigenvalue weighted by molar-refractivity contribution is 5.70. The summed E-state index contributed by atoms with van der Waals surface area (Å²) in [5.41, 5.74) is 0. The van der Waals surface area contributed by atoms with Crippen LogP contribution in [0.5, 0.6) is 0 Å². The van der Waals surface area contributed by atoms with Crippen LogP contribution in [0.1, 0.15) is 26.7 Å². The summed E-state index contributed by atoms with van der Waals surface area (Å²) in [4.78, 5) is 11.2. The second-order valence-corrected chi connectivity index (χ2v) is 5.47. The monoisotopic (exact) mass is 266 g/mol. The van der Waals surface area contributed by atoms with Gasteiger partial charge in [-0.25, -0.2) is 0 Å². The number of rotatable bonds is 1. The van der Waals surface area contributed by atoms with Crippen LogP contribution in [-0.2, 0) is 9.53 Å². The number of alkyl halides is 3. The number of hydrogen-bond donors (Lipinski definition) is 1. The minimum absolute atomic E-state index is 0.00900. The number of aliphatic carboxylic acids is 1. The first kappa shape index (κ1) is 13.6. The predicted molar refractivity (Wildman–Crippen MR) is 56.9 cm³/mol. The third-order valence-electron chi connectivity index (χ3n) is 4.47. The van der Waals surface area contributed by atoms with Gasteiger partial charge < -0.3 is 9.84 Å². The predicted octanol–water partition coefficient (Wildman–Crippen LogP) is 2.70. The molecule has 1 saturated heterocycles. The number of carboxylic acid groups (broad SMARTS) is 1.